The Balaban J connectivity index is 3.22. The Morgan fingerprint density at radius 1 is 1.44 bits per heavy atom. The van der Waals surface area contributed by atoms with Gasteiger partial charge in [0, 0.05) is 5.56 Å². The quantitative estimate of drug-likeness (QED) is 0.257. The Morgan fingerprint density at radius 2 is 2.12 bits per heavy atom. The van der Waals surface area contributed by atoms with Crippen molar-refractivity contribution in [2.45, 2.75) is 0 Å². The lowest BCUT2D eigenvalue weighted by molar-refractivity contribution is 0.0597. The minimum atomic E-state index is -0.511. The topological polar surface area (TPSA) is 94.1 Å². The number of esters is 1. The van der Waals surface area contributed by atoms with Crippen molar-refractivity contribution < 1.29 is 19.5 Å². The second kappa shape index (κ2) is 5.01. The van der Waals surface area contributed by atoms with E-state index < -0.39 is 5.97 Å². The molecule has 0 amide bonds. The predicted octanol–water partition coefficient (Wildman–Crippen LogP) is 0.576. The highest BCUT2D eigenvalue weighted by Crippen LogP contribution is 2.20. The van der Waals surface area contributed by atoms with E-state index in [1.807, 2.05) is 0 Å². The number of nitrogens with two attached hydrogens (primary N) is 1. The molecule has 1 aromatic rings. The van der Waals surface area contributed by atoms with Crippen LogP contribution in [0.5, 0.6) is 5.75 Å². The summed E-state index contributed by atoms with van der Waals surface area (Å²) in [5.74, 6) is -0.270. The van der Waals surface area contributed by atoms with Crippen molar-refractivity contribution in [1.82, 2.24) is 0 Å². The fourth-order valence-electron chi connectivity index (χ4n) is 1.19. The largest absolute Gasteiger partial charge is 0.496 e. The maximum atomic E-state index is 11.3. The fourth-order valence-corrected chi connectivity index (χ4v) is 1.19. The molecule has 0 radical (unpaired) electrons. The number of hydrogen-bond acceptors (Lipinski definition) is 5. The molecule has 0 aliphatic carbocycles. The molecule has 86 valence electrons. The maximum Gasteiger partial charge on any atom is 0.341 e. The molecule has 0 bridgehead atoms. The Bertz CT molecular complexity index is 429. The van der Waals surface area contributed by atoms with Gasteiger partial charge in [-0.05, 0) is 12.1 Å². The third kappa shape index (κ3) is 2.22. The highest BCUT2D eigenvalue weighted by atomic mass is 16.5. The summed E-state index contributed by atoms with van der Waals surface area (Å²) < 4.78 is 9.59. The van der Waals surface area contributed by atoms with Gasteiger partial charge in [0.25, 0.3) is 0 Å². The van der Waals surface area contributed by atoms with Gasteiger partial charge in [-0.1, -0.05) is 11.2 Å². The summed E-state index contributed by atoms with van der Waals surface area (Å²) in [7, 11) is 2.69. The van der Waals surface area contributed by atoms with E-state index >= 15 is 0 Å². The van der Waals surface area contributed by atoms with Crippen LogP contribution in [-0.4, -0.2) is 31.2 Å². The van der Waals surface area contributed by atoms with Crippen LogP contribution in [0.25, 0.3) is 0 Å². The van der Waals surface area contributed by atoms with Crippen LogP contribution in [0, 0.1) is 0 Å². The molecule has 0 atom stereocenters. The Kier molecular flexibility index (Phi) is 3.71. The summed E-state index contributed by atoms with van der Waals surface area (Å²) in [5.41, 5.74) is 6.13. The summed E-state index contributed by atoms with van der Waals surface area (Å²) in [4.78, 5) is 11.3. The number of hydrogen-bond donors (Lipinski definition) is 2. The molecule has 1 rings (SSSR count). The number of carbonyl (C=O) groups is 1. The number of oxime groups is 1. The van der Waals surface area contributed by atoms with Crippen molar-refractivity contribution in [3.63, 3.8) is 0 Å². The molecule has 0 heterocycles. The van der Waals surface area contributed by atoms with E-state index in [1.54, 1.807) is 0 Å². The zero-order valence-electron chi connectivity index (χ0n) is 8.93. The number of rotatable bonds is 3. The third-order valence-electron chi connectivity index (χ3n) is 2.01. The van der Waals surface area contributed by atoms with Gasteiger partial charge in [-0.3, -0.25) is 0 Å². The van der Waals surface area contributed by atoms with Crippen LogP contribution >= 0.6 is 0 Å². The lowest BCUT2D eigenvalue weighted by atomic mass is 10.1. The van der Waals surface area contributed by atoms with E-state index in [9.17, 15) is 4.79 Å². The van der Waals surface area contributed by atoms with E-state index in [2.05, 4.69) is 9.89 Å². The number of carbonyl (C=O) groups excluding carboxylic acids is 1. The second-order valence-corrected chi connectivity index (χ2v) is 2.89. The first kappa shape index (κ1) is 11.8. The Labute approximate surface area is 92.3 Å². The molecule has 6 nitrogen and oxygen atoms in total. The van der Waals surface area contributed by atoms with E-state index in [-0.39, 0.29) is 11.4 Å². The Hall–Kier alpha value is -2.24. The first-order valence-corrected chi connectivity index (χ1v) is 4.38. The highest BCUT2D eigenvalue weighted by molar-refractivity contribution is 5.99. The summed E-state index contributed by atoms with van der Waals surface area (Å²) in [6.45, 7) is 0. The summed E-state index contributed by atoms with van der Waals surface area (Å²) in [6.07, 6.45) is 0. The van der Waals surface area contributed by atoms with E-state index in [0.717, 1.165) is 0 Å². The molecule has 6 heteroatoms. The molecule has 0 unspecified atom stereocenters. The SMILES string of the molecule is COC(=O)c1ccc(/C(N)=N\O)cc1OC. The van der Waals surface area contributed by atoms with Gasteiger partial charge >= 0.3 is 5.97 Å². The summed E-state index contributed by atoms with van der Waals surface area (Å²) in [6, 6.07) is 4.50. The van der Waals surface area contributed by atoms with Crippen LogP contribution in [0.3, 0.4) is 0 Å². The number of nitrogens with zero attached hydrogens (tertiary/aromatic N) is 1. The van der Waals surface area contributed by atoms with Gasteiger partial charge < -0.3 is 20.4 Å². The smallest absolute Gasteiger partial charge is 0.341 e. The van der Waals surface area contributed by atoms with Gasteiger partial charge in [0.15, 0.2) is 5.84 Å². The van der Waals surface area contributed by atoms with E-state index in [4.69, 9.17) is 15.7 Å². The molecule has 1 aromatic carbocycles. The van der Waals surface area contributed by atoms with E-state index in [0.29, 0.717) is 11.3 Å². The summed E-state index contributed by atoms with van der Waals surface area (Å²) in [5, 5.41) is 11.4. The van der Waals surface area contributed by atoms with Crippen LogP contribution in [-0.2, 0) is 4.74 Å². The van der Waals surface area contributed by atoms with Crippen LogP contribution in [0.2, 0.25) is 0 Å². The molecule has 0 aliphatic heterocycles. The average Bonchev–Trinajstić information content (AvgIpc) is 2.35. The fraction of sp³-hybridized carbons (Fsp3) is 0.200. The van der Waals surface area contributed by atoms with Gasteiger partial charge in [-0.15, -0.1) is 0 Å². The second-order valence-electron chi connectivity index (χ2n) is 2.89. The molecular weight excluding hydrogens is 212 g/mol. The Morgan fingerprint density at radius 3 is 2.62 bits per heavy atom. The molecule has 0 saturated heterocycles. The van der Waals surface area contributed by atoms with E-state index in [1.165, 1.54) is 32.4 Å². The van der Waals surface area contributed by atoms with Crippen molar-refractivity contribution in [2.24, 2.45) is 10.9 Å². The van der Waals surface area contributed by atoms with Crippen LogP contribution in [0.15, 0.2) is 23.4 Å². The number of ether oxygens (including phenoxy) is 2. The van der Waals surface area contributed by atoms with Crippen molar-refractivity contribution >= 4 is 11.8 Å². The molecular formula is C10H12N2O4. The van der Waals surface area contributed by atoms with Crippen LogP contribution < -0.4 is 10.5 Å². The first-order valence-electron chi connectivity index (χ1n) is 4.38. The van der Waals surface area contributed by atoms with Gasteiger partial charge in [0.2, 0.25) is 0 Å². The number of benzene rings is 1. The predicted molar refractivity (Wildman–Crippen MR) is 56.8 cm³/mol. The van der Waals surface area contributed by atoms with Crippen LogP contribution in [0.4, 0.5) is 0 Å². The van der Waals surface area contributed by atoms with Gasteiger partial charge in [0.05, 0.1) is 14.2 Å². The molecule has 0 fully saturated rings. The average molecular weight is 224 g/mol. The lowest BCUT2D eigenvalue weighted by Crippen LogP contribution is -2.14. The highest BCUT2D eigenvalue weighted by Gasteiger charge is 2.14. The van der Waals surface area contributed by atoms with Crippen molar-refractivity contribution in [3.8, 4) is 5.75 Å². The molecule has 3 N–H and O–H groups in total. The third-order valence-corrected chi connectivity index (χ3v) is 2.01. The van der Waals surface area contributed by atoms with Crippen molar-refractivity contribution in [1.29, 1.82) is 0 Å². The zero-order chi connectivity index (χ0) is 12.1. The maximum absolute atomic E-state index is 11.3. The molecule has 0 saturated carbocycles. The molecule has 16 heavy (non-hydrogen) atoms. The monoisotopic (exact) mass is 224 g/mol. The number of methoxy groups -OCH3 is 2. The van der Waals surface area contributed by atoms with Crippen LogP contribution in [0.1, 0.15) is 15.9 Å². The van der Waals surface area contributed by atoms with Gasteiger partial charge in [0.1, 0.15) is 11.3 Å². The molecule has 0 aromatic heterocycles. The molecule has 0 spiro atoms. The van der Waals surface area contributed by atoms with Gasteiger partial charge in [-0.25, -0.2) is 4.79 Å². The standard InChI is InChI=1S/C10H12N2O4/c1-15-8-5-6(9(11)12-14)3-4-7(8)10(13)16-2/h3-5,14H,1-2H3,(H2,11,12). The van der Waals surface area contributed by atoms with Gasteiger partial charge in [-0.2, -0.15) is 0 Å². The summed E-state index contributed by atoms with van der Waals surface area (Å²) >= 11 is 0. The van der Waals surface area contributed by atoms with Crippen molar-refractivity contribution in [3.05, 3.63) is 29.3 Å². The minimum absolute atomic E-state index is 0.0604. The minimum Gasteiger partial charge on any atom is -0.496 e. The number of amidine groups is 1. The molecule has 0 aliphatic rings. The first-order chi connectivity index (χ1) is 7.63. The normalized spacial score (nSPS) is 11.0. The zero-order valence-corrected chi connectivity index (χ0v) is 8.93. The lowest BCUT2D eigenvalue weighted by Gasteiger charge is -2.08. The van der Waals surface area contributed by atoms with Crippen molar-refractivity contribution in [2.75, 3.05) is 14.2 Å².